The molecule has 2 aromatic carbocycles. The Bertz CT molecular complexity index is 1010. The first-order valence-electron chi connectivity index (χ1n) is 8.99. The SMILES string of the molecule is Cc1ccc(C(C)NC(=O)COC(=O)C=Cc2nc3ccccc3s2)cc1C. The van der Waals surface area contributed by atoms with Crippen molar-refractivity contribution in [2.45, 2.75) is 26.8 Å². The molecule has 3 rings (SSSR count). The van der Waals surface area contributed by atoms with Crippen LogP contribution in [0.5, 0.6) is 0 Å². The van der Waals surface area contributed by atoms with Gasteiger partial charge in [0.05, 0.1) is 16.3 Å². The zero-order valence-corrected chi connectivity index (χ0v) is 16.9. The van der Waals surface area contributed by atoms with Crippen LogP contribution in [0.25, 0.3) is 16.3 Å². The van der Waals surface area contributed by atoms with E-state index in [1.54, 1.807) is 6.08 Å². The van der Waals surface area contributed by atoms with Gasteiger partial charge >= 0.3 is 5.97 Å². The molecule has 0 fully saturated rings. The Kier molecular flexibility index (Phi) is 6.21. The van der Waals surface area contributed by atoms with Gasteiger partial charge in [-0.25, -0.2) is 9.78 Å². The standard InChI is InChI=1S/C22H22N2O3S/c1-14-8-9-17(12-15(14)2)16(3)23-20(25)13-27-22(26)11-10-21-24-18-6-4-5-7-19(18)28-21/h4-12,16H,13H2,1-3H3,(H,23,25). The van der Waals surface area contributed by atoms with Crippen molar-refractivity contribution in [2.24, 2.45) is 0 Å². The Morgan fingerprint density at radius 2 is 1.96 bits per heavy atom. The molecule has 1 atom stereocenters. The third-order valence-electron chi connectivity index (χ3n) is 4.43. The van der Waals surface area contributed by atoms with Crippen LogP contribution in [0.1, 0.15) is 34.7 Å². The van der Waals surface area contributed by atoms with E-state index in [1.807, 2.05) is 63.2 Å². The molecule has 1 heterocycles. The zero-order valence-electron chi connectivity index (χ0n) is 16.1. The van der Waals surface area contributed by atoms with Crippen LogP contribution in [0.2, 0.25) is 0 Å². The van der Waals surface area contributed by atoms with Gasteiger partial charge in [0.2, 0.25) is 0 Å². The number of fused-ring (bicyclic) bond motifs is 1. The third-order valence-corrected chi connectivity index (χ3v) is 5.43. The first-order chi connectivity index (χ1) is 13.4. The van der Waals surface area contributed by atoms with E-state index < -0.39 is 5.97 Å². The highest BCUT2D eigenvalue weighted by Gasteiger charge is 2.12. The molecule has 28 heavy (non-hydrogen) atoms. The van der Waals surface area contributed by atoms with Crippen LogP contribution in [-0.2, 0) is 14.3 Å². The number of hydrogen-bond donors (Lipinski definition) is 1. The van der Waals surface area contributed by atoms with Crippen LogP contribution in [-0.4, -0.2) is 23.5 Å². The van der Waals surface area contributed by atoms with E-state index in [1.165, 1.54) is 28.5 Å². The van der Waals surface area contributed by atoms with Gasteiger partial charge in [0.25, 0.3) is 5.91 Å². The monoisotopic (exact) mass is 394 g/mol. The lowest BCUT2D eigenvalue weighted by Gasteiger charge is -2.15. The molecule has 1 N–H and O–H groups in total. The molecule has 0 aliphatic carbocycles. The Morgan fingerprint density at radius 3 is 2.71 bits per heavy atom. The maximum atomic E-state index is 12.1. The molecule has 0 saturated heterocycles. The van der Waals surface area contributed by atoms with Gasteiger partial charge in [-0.1, -0.05) is 30.3 Å². The minimum Gasteiger partial charge on any atom is -0.452 e. The van der Waals surface area contributed by atoms with Crippen molar-refractivity contribution in [3.8, 4) is 0 Å². The summed E-state index contributed by atoms with van der Waals surface area (Å²) < 4.78 is 6.07. The van der Waals surface area contributed by atoms with E-state index in [2.05, 4.69) is 10.3 Å². The summed E-state index contributed by atoms with van der Waals surface area (Å²) in [6.07, 6.45) is 2.89. The smallest absolute Gasteiger partial charge is 0.331 e. The topological polar surface area (TPSA) is 68.3 Å². The van der Waals surface area contributed by atoms with Gasteiger partial charge < -0.3 is 10.1 Å². The number of thiazole rings is 1. The normalized spacial score (nSPS) is 12.2. The number of para-hydroxylation sites is 1. The molecular weight excluding hydrogens is 372 g/mol. The number of aryl methyl sites for hydroxylation is 2. The Morgan fingerprint density at radius 1 is 1.18 bits per heavy atom. The Hall–Kier alpha value is -2.99. The average molecular weight is 394 g/mol. The van der Waals surface area contributed by atoms with Crippen molar-refractivity contribution in [3.63, 3.8) is 0 Å². The van der Waals surface area contributed by atoms with E-state index in [0.29, 0.717) is 5.01 Å². The minimum absolute atomic E-state index is 0.163. The van der Waals surface area contributed by atoms with Crippen LogP contribution >= 0.6 is 11.3 Å². The van der Waals surface area contributed by atoms with E-state index in [4.69, 9.17) is 4.74 Å². The summed E-state index contributed by atoms with van der Waals surface area (Å²) in [6.45, 7) is 5.66. The number of nitrogens with zero attached hydrogens (tertiary/aromatic N) is 1. The van der Waals surface area contributed by atoms with Crippen molar-refractivity contribution in [3.05, 3.63) is 70.2 Å². The molecule has 5 nitrogen and oxygen atoms in total. The quantitative estimate of drug-likeness (QED) is 0.499. The molecule has 0 spiro atoms. The number of carbonyl (C=O) groups is 2. The van der Waals surface area contributed by atoms with Crippen LogP contribution in [0.15, 0.2) is 48.5 Å². The number of amides is 1. The van der Waals surface area contributed by atoms with Crippen LogP contribution < -0.4 is 5.32 Å². The zero-order chi connectivity index (χ0) is 20.1. The molecular formula is C22H22N2O3S. The fourth-order valence-corrected chi connectivity index (χ4v) is 3.56. The number of nitrogens with one attached hydrogen (secondary N) is 1. The van der Waals surface area contributed by atoms with Gasteiger partial charge in [-0.15, -0.1) is 11.3 Å². The van der Waals surface area contributed by atoms with Gasteiger partial charge in [0, 0.05) is 6.08 Å². The summed E-state index contributed by atoms with van der Waals surface area (Å²) >= 11 is 1.49. The third kappa shape index (κ3) is 5.04. The number of aromatic nitrogens is 1. The summed E-state index contributed by atoms with van der Waals surface area (Å²) in [7, 11) is 0. The highest BCUT2D eigenvalue weighted by molar-refractivity contribution is 7.19. The number of carbonyl (C=O) groups excluding carboxylic acids is 2. The number of ether oxygens (including phenoxy) is 1. The van der Waals surface area contributed by atoms with Crippen LogP contribution in [0.4, 0.5) is 0 Å². The predicted molar refractivity (Wildman–Crippen MR) is 112 cm³/mol. The summed E-state index contributed by atoms with van der Waals surface area (Å²) in [5, 5.41) is 3.55. The molecule has 1 unspecified atom stereocenters. The molecule has 0 bridgehead atoms. The van der Waals surface area contributed by atoms with Crippen molar-refractivity contribution in [1.82, 2.24) is 10.3 Å². The predicted octanol–water partition coefficient (Wildman–Crippen LogP) is 4.35. The second-order valence-electron chi connectivity index (χ2n) is 6.59. The summed E-state index contributed by atoms with van der Waals surface area (Å²) in [5.41, 5.74) is 4.28. The van der Waals surface area contributed by atoms with Gasteiger partial charge in [0.1, 0.15) is 5.01 Å². The van der Waals surface area contributed by atoms with Crippen LogP contribution in [0.3, 0.4) is 0 Å². The lowest BCUT2D eigenvalue weighted by atomic mass is 10.0. The molecule has 0 aliphatic heterocycles. The molecule has 0 radical (unpaired) electrons. The van der Waals surface area contributed by atoms with Gasteiger partial charge in [0.15, 0.2) is 6.61 Å². The number of esters is 1. The molecule has 0 saturated carbocycles. The second kappa shape index (κ2) is 8.80. The maximum Gasteiger partial charge on any atom is 0.331 e. The average Bonchev–Trinajstić information content (AvgIpc) is 3.09. The molecule has 1 amide bonds. The highest BCUT2D eigenvalue weighted by atomic mass is 32.1. The van der Waals surface area contributed by atoms with Crippen molar-refractivity contribution >= 4 is 39.5 Å². The minimum atomic E-state index is -0.576. The summed E-state index contributed by atoms with van der Waals surface area (Å²) in [6, 6.07) is 13.7. The van der Waals surface area contributed by atoms with Crippen molar-refractivity contribution < 1.29 is 14.3 Å². The molecule has 144 valence electrons. The van der Waals surface area contributed by atoms with E-state index in [0.717, 1.165) is 15.8 Å². The lowest BCUT2D eigenvalue weighted by molar-refractivity contribution is -0.144. The molecule has 6 heteroatoms. The highest BCUT2D eigenvalue weighted by Crippen LogP contribution is 2.22. The molecule has 0 aliphatic rings. The number of hydrogen-bond acceptors (Lipinski definition) is 5. The number of benzene rings is 2. The van der Waals surface area contributed by atoms with E-state index >= 15 is 0 Å². The largest absolute Gasteiger partial charge is 0.452 e. The number of rotatable bonds is 6. The lowest BCUT2D eigenvalue weighted by Crippen LogP contribution is -2.31. The van der Waals surface area contributed by atoms with Gasteiger partial charge in [-0.3, -0.25) is 4.79 Å². The summed E-state index contributed by atoms with van der Waals surface area (Å²) in [5.74, 6) is -0.916. The van der Waals surface area contributed by atoms with E-state index in [9.17, 15) is 9.59 Å². The molecule has 3 aromatic rings. The summed E-state index contributed by atoms with van der Waals surface area (Å²) in [4.78, 5) is 28.3. The fourth-order valence-electron chi connectivity index (χ4n) is 2.69. The maximum absolute atomic E-state index is 12.1. The van der Waals surface area contributed by atoms with Gasteiger partial charge in [-0.05, 0) is 55.7 Å². The van der Waals surface area contributed by atoms with Crippen LogP contribution in [0, 0.1) is 13.8 Å². The van der Waals surface area contributed by atoms with Gasteiger partial charge in [-0.2, -0.15) is 0 Å². The first kappa shape index (κ1) is 19.8. The Balaban J connectivity index is 1.49. The van der Waals surface area contributed by atoms with E-state index in [-0.39, 0.29) is 18.6 Å². The fraction of sp³-hybridized carbons (Fsp3) is 0.227. The van der Waals surface area contributed by atoms with Crippen molar-refractivity contribution in [1.29, 1.82) is 0 Å². The van der Waals surface area contributed by atoms with Crippen molar-refractivity contribution in [2.75, 3.05) is 6.61 Å². The second-order valence-corrected chi connectivity index (χ2v) is 7.66. The first-order valence-corrected chi connectivity index (χ1v) is 9.81. The Labute approximate surface area is 168 Å². The molecule has 1 aromatic heterocycles.